The monoisotopic (exact) mass is 294 g/mol. The molecular weight excluding hydrogens is 276 g/mol. The zero-order valence-electron chi connectivity index (χ0n) is 12.4. The molecule has 1 heterocycles. The average molecular weight is 294 g/mol. The van der Waals surface area contributed by atoms with E-state index in [0.717, 1.165) is 16.8 Å². The van der Waals surface area contributed by atoms with Crippen LogP contribution in [0, 0.1) is 6.92 Å². The van der Waals surface area contributed by atoms with E-state index in [1.165, 1.54) is 5.56 Å². The summed E-state index contributed by atoms with van der Waals surface area (Å²) in [5, 5.41) is 5.74. The Morgan fingerprint density at radius 3 is 2.68 bits per heavy atom. The molecule has 0 aromatic heterocycles. The predicted molar refractivity (Wildman–Crippen MR) is 85.5 cm³/mol. The minimum Gasteiger partial charge on any atom is -0.351 e. The van der Waals surface area contributed by atoms with Crippen molar-refractivity contribution in [2.24, 2.45) is 0 Å². The molecule has 0 saturated heterocycles. The maximum Gasteiger partial charge on any atom is 0.228 e. The van der Waals surface area contributed by atoms with Crippen molar-refractivity contribution >= 4 is 17.5 Å². The van der Waals surface area contributed by atoms with Gasteiger partial charge in [-0.3, -0.25) is 9.59 Å². The third-order valence-corrected chi connectivity index (χ3v) is 3.90. The molecule has 0 saturated carbocycles. The van der Waals surface area contributed by atoms with Crippen LogP contribution in [0.25, 0.3) is 0 Å². The van der Waals surface area contributed by atoms with Crippen molar-refractivity contribution in [2.75, 3.05) is 5.32 Å². The first kappa shape index (κ1) is 14.3. The lowest BCUT2D eigenvalue weighted by Gasteiger charge is -2.24. The second kappa shape index (κ2) is 6.02. The van der Waals surface area contributed by atoms with Crippen LogP contribution in [0.1, 0.15) is 29.0 Å². The predicted octanol–water partition coefficient (Wildman–Crippen LogP) is 2.74. The van der Waals surface area contributed by atoms with Gasteiger partial charge in [0.05, 0.1) is 5.92 Å². The van der Waals surface area contributed by atoms with Gasteiger partial charge in [0.15, 0.2) is 0 Å². The molecule has 0 bridgehead atoms. The second-order valence-electron chi connectivity index (χ2n) is 5.60. The number of aryl methyl sites for hydroxylation is 1. The number of nitrogens with one attached hydrogen (secondary N) is 2. The first-order valence-corrected chi connectivity index (χ1v) is 7.35. The minimum absolute atomic E-state index is 0.108. The lowest BCUT2D eigenvalue weighted by molar-refractivity contribution is -0.126. The number of anilines is 1. The molecule has 0 aliphatic carbocycles. The van der Waals surface area contributed by atoms with Gasteiger partial charge in [-0.2, -0.15) is 0 Å². The lowest BCUT2D eigenvalue weighted by Crippen LogP contribution is -2.34. The molecule has 112 valence electrons. The molecule has 4 nitrogen and oxygen atoms in total. The van der Waals surface area contributed by atoms with Crippen molar-refractivity contribution in [2.45, 2.75) is 25.8 Å². The van der Waals surface area contributed by atoms with Gasteiger partial charge in [0, 0.05) is 18.7 Å². The molecule has 1 aliphatic heterocycles. The van der Waals surface area contributed by atoms with Crippen LogP contribution < -0.4 is 10.6 Å². The molecule has 0 radical (unpaired) electrons. The van der Waals surface area contributed by atoms with E-state index in [0.29, 0.717) is 6.54 Å². The van der Waals surface area contributed by atoms with E-state index in [9.17, 15) is 9.59 Å². The van der Waals surface area contributed by atoms with Crippen LogP contribution in [0.5, 0.6) is 0 Å². The molecule has 4 heteroatoms. The molecule has 2 N–H and O–H groups in total. The summed E-state index contributed by atoms with van der Waals surface area (Å²) in [5.41, 5.74) is 3.85. The Kier molecular flexibility index (Phi) is 3.92. The van der Waals surface area contributed by atoms with Crippen molar-refractivity contribution in [1.82, 2.24) is 5.32 Å². The van der Waals surface area contributed by atoms with Gasteiger partial charge in [-0.05, 0) is 24.1 Å². The molecule has 1 atom stereocenters. The van der Waals surface area contributed by atoms with Crippen LogP contribution >= 0.6 is 0 Å². The Hall–Kier alpha value is -2.62. The number of benzene rings is 2. The zero-order chi connectivity index (χ0) is 15.5. The molecule has 2 amide bonds. The van der Waals surface area contributed by atoms with E-state index in [-0.39, 0.29) is 18.2 Å². The summed E-state index contributed by atoms with van der Waals surface area (Å²) < 4.78 is 0. The highest BCUT2D eigenvalue weighted by Crippen LogP contribution is 2.31. The van der Waals surface area contributed by atoms with Crippen LogP contribution in [0.2, 0.25) is 0 Å². The third kappa shape index (κ3) is 3.01. The molecule has 2 aromatic carbocycles. The first-order valence-electron chi connectivity index (χ1n) is 7.35. The Labute approximate surface area is 129 Å². The van der Waals surface area contributed by atoms with Gasteiger partial charge in [0.25, 0.3) is 0 Å². The zero-order valence-corrected chi connectivity index (χ0v) is 12.4. The number of carbonyl (C=O) groups is 2. The smallest absolute Gasteiger partial charge is 0.228 e. The van der Waals surface area contributed by atoms with Crippen LogP contribution in [-0.2, 0) is 16.1 Å². The maximum atomic E-state index is 12.5. The number of hydrogen-bond acceptors (Lipinski definition) is 2. The van der Waals surface area contributed by atoms with Gasteiger partial charge in [-0.25, -0.2) is 0 Å². The molecule has 0 fully saturated rings. The Morgan fingerprint density at radius 1 is 1.18 bits per heavy atom. The van der Waals surface area contributed by atoms with E-state index in [1.807, 2.05) is 55.5 Å². The van der Waals surface area contributed by atoms with Gasteiger partial charge >= 0.3 is 0 Å². The molecule has 2 aromatic rings. The molecule has 1 unspecified atom stereocenters. The Bertz CT molecular complexity index is 707. The van der Waals surface area contributed by atoms with Crippen molar-refractivity contribution < 1.29 is 9.59 Å². The standard InChI is InChI=1S/C18H18N2O2/c1-12-6-8-13(9-7-12)11-19-18(22)15-10-17(21)20-16-5-3-2-4-14(15)16/h2-9,15H,10-11H2,1H3,(H,19,22)(H,20,21). The number of rotatable bonds is 3. The lowest BCUT2D eigenvalue weighted by atomic mass is 9.90. The van der Waals surface area contributed by atoms with Crippen LogP contribution in [0.3, 0.4) is 0 Å². The summed E-state index contributed by atoms with van der Waals surface area (Å²) in [6.07, 6.45) is 0.191. The van der Waals surface area contributed by atoms with E-state index in [1.54, 1.807) is 0 Å². The number of carbonyl (C=O) groups excluding carboxylic acids is 2. The largest absolute Gasteiger partial charge is 0.351 e. The highest BCUT2D eigenvalue weighted by atomic mass is 16.2. The maximum absolute atomic E-state index is 12.5. The molecule has 0 spiro atoms. The molecule has 3 rings (SSSR count). The van der Waals surface area contributed by atoms with E-state index >= 15 is 0 Å². The van der Waals surface area contributed by atoms with Gasteiger partial charge in [0.1, 0.15) is 0 Å². The van der Waals surface area contributed by atoms with Gasteiger partial charge in [-0.1, -0.05) is 48.0 Å². The summed E-state index contributed by atoms with van der Waals surface area (Å²) >= 11 is 0. The van der Waals surface area contributed by atoms with Gasteiger partial charge in [-0.15, -0.1) is 0 Å². The highest BCUT2D eigenvalue weighted by Gasteiger charge is 2.30. The molecular formula is C18H18N2O2. The number of para-hydroxylation sites is 1. The second-order valence-corrected chi connectivity index (χ2v) is 5.60. The van der Waals surface area contributed by atoms with Crippen molar-refractivity contribution in [3.05, 3.63) is 65.2 Å². The Balaban J connectivity index is 1.72. The summed E-state index contributed by atoms with van der Waals surface area (Å²) in [5.74, 6) is -0.646. The van der Waals surface area contributed by atoms with Crippen LogP contribution in [0.15, 0.2) is 48.5 Å². The van der Waals surface area contributed by atoms with E-state index in [4.69, 9.17) is 0 Å². The fourth-order valence-electron chi connectivity index (χ4n) is 2.66. The number of hydrogen-bond donors (Lipinski definition) is 2. The Morgan fingerprint density at radius 2 is 1.91 bits per heavy atom. The summed E-state index contributed by atoms with van der Waals surface area (Å²) in [4.78, 5) is 24.2. The summed E-state index contributed by atoms with van der Waals surface area (Å²) in [6.45, 7) is 2.50. The van der Waals surface area contributed by atoms with E-state index < -0.39 is 5.92 Å². The van der Waals surface area contributed by atoms with Crippen molar-refractivity contribution in [1.29, 1.82) is 0 Å². The normalized spacial score (nSPS) is 16.6. The third-order valence-electron chi connectivity index (χ3n) is 3.90. The quantitative estimate of drug-likeness (QED) is 0.914. The summed E-state index contributed by atoms with van der Waals surface area (Å²) in [7, 11) is 0. The summed E-state index contributed by atoms with van der Waals surface area (Å²) in [6, 6.07) is 15.5. The topological polar surface area (TPSA) is 58.2 Å². The number of amides is 2. The highest BCUT2D eigenvalue weighted by molar-refractivity contribution is 6.01. The van der Waals surface area contributed by atoms with Gasteiger partial charge < -0.3 is 10.6 Å². The number of fused-ring (bicyclic) bond motifs is 1. The van der Waals surface area contributed by atoms with Crippen LogP contribution in [0.4, 0.5) is 5.69 Å². The van der Waals surface area contributed by atoms with Gasteiger partial charge in [0.2, 0.25) is 11.8 Å². The molecule has 22 heavy (non-hydrogen) atoms. The average Bonchev–Trinajstić information content (AvgIpc) is 2.53. The van der Waals surface area contributed by atoms with Crippen molar-refractivity contribution in [3.8, 4) is 0 Å². The minimum atomic E-state index is -0.421. The SMILES string of the molecule is Cc1ccc(CNC(=O)C2CC(=O)Nc3ccccc32)cc1. The fraction of sp³-hybridized carbons (Fsp3) is 0.222. The molecule has 1 aliphatic rings. The van der Waals surface area contributed by atoms with E-state index in [2.05, 4.69) is 10.6 Å². The van der Waals surface area contributed by atoms with Crippen LogP contribution in [-0.4, -0.2) is 11.8 Å². The fourth-order valence-corrected chi connectivity index (χ4v) is 2.66. The van der Waals surface area contributed by atoms with Crippen molar-refractivity contribution in [3.63, 3.8) is 0 Å². The first-order chi connectivity index (χ1) is 10.6.